The number of carbonyl (C=O) groups is 1. The molecule has 0 fully saturated rings. The number of hydrogen-bond donors (Lipinski definition) is 2. The zero-order valence-corrected chi connectivity index (χ0v) is 19.1. The van der Waals surface area contributed by atoms with Crippen LogP contribution in [0.25, 0.3) is 11.0 Å². The second-order valence-corrected chi connectivity index (χ2v) is 7.57. The summed E-state index contributed by atoms with van der Waals surface area (Å²) in [6.45, 7) is 11.1. The lowest BCUT2D eigenvalue weighted by Crippen LogP contribution is -2.16. The van der Waals surface area contributed by atoms with Gasteiger partial charge in [-0.15, -0.1) is 5.10 Å². The minimum absolute atomic E-state index is 0.961. The molecule has 5 nitrogen and oxygen atoms in total. The fourth-order valence-electron chi connectivity index (χ4n) is 3.20. The van der Waals surface area contributed by atoms with Crippen LogP contribution in [0, 0.1) is 6.92 Å². The van der Waals surface area contributed by atoms with E-state index in [1.165, 1.54) is 90.1 Å². The Morgan fingerprint density at radius 1 is 0.828 bits per heavy atom. The fraction of sp³-hybridized carbons (Fsp3) is 0.708. The van der Waals surface area contributed by atoms with Crippen LogP contribution >= 0.6 is 0 Å². The van der Waals surface area contributed by atoms with Crippen molar-refractivity contribution in [3.05, 3.63) is 23.8 Å². The van der Waals surface area contributed by atoms with Crippen LogP contribution in [0.3, 0.4) is 0 Å². The third-order valence-electron chi connectivity index (χ3n) is 4.97. The first-order valence-corrected chi connectivity index (χ1v) is 11.6. The molecular weight excluding hydrogens is 360 g/mol. The topological polar surface area (TPSA) is 70.7 Å². The molecule has 5 heteroatoms. The lowest BCUT2D eigenvalue weighted by Gasteiger charge is -2.04. The lowest BCUT2D eigenvalue weighted by molar-refractivity contribution is -0.0979. The summed E-state index contributed by atoms with van der Waals surface area (Å²) in [6, 6.07) is 5.96. The van der Waals surface area contributed by atoms with E-state index in [1.807, 2.05) is 31.9 Å². The largest absolute Gasteiger partial charge is 0.317 e. The van der Waals surface area contributed by atoms with E-state index in [9.17, 15) is 0 Å². The normalized spacial score (nSPS) is 10.2. The SMILES string of the molecule is C=O.CCCCCCCCNCCCCCCCC.Cc1cccc2[nH]nnc12. The Morgan fingerprint density at radius 3 is 1.86 bits per heavy atom. The average Bonchev–Trinajstić information content (AvgIpc) is 3.24. The van der Waals surface area contributed by atoms with Gasteiger partial charge in [-0.2, -0.15) is 0 Å². The molecule has 0 unspecified atom stereocenters. The second-order valence-electron chi connectivity index (χ2n) is 7.57. The van der Waals surface area contributed by atoms with Crippen molar-refractivity contribution in [1.29, 1.82) is 0 Å². The number of aryl methyl sites for hydroxylation is 1. The van der Waals surface area contributed by atoms with Crippen molar-refractivity contribution < 1.29 is 4.79 Å². The van der Waals surface area contributed by atoms with Crippen molar-refractivity contribution in [2.45, 2.75) is 97.8 Å². The maximum absolute atomic E-state index is 8.00. The molecule has 0 saturated carbocycles. The molecule has 0 aliphatic carbocycles. The molecule has 2 rings (SSSR count). The Labute approximate surface area is 178 Å². The van der Waals surface area contributed by atoms with Gasteiger partial charge in [0.15, 0.2) is 0 Å². The first kappa shape index (κ1) is 27.2. The van der Waals surface area contributed by atoms with E-state index >= 15 is 0 Å². The summed E-state index contributed by atoms with van der Waals surface area (Å²) in [5.74, 6) is 0. The van der Waals surface area contributed by atoms with Crippen molar-refractivity contribution in [2.24, 2.45) is 0 Å². The molecular formula is C24H44N4O. The number of aromatic amines is 1. The first-order valence-electron chi connectivity index (χ1n) is 11.6. The smallest absolute Gasteiger partial charge is 0.115 e. The molecule has 1 aromatic heterocycles. The van der Waals surface area contributed by atoms with Crippen LogP contribution in [0.15, 0.2) is 18.2 Å². The highest BCUT2D eigenvalue weighted by molar-refractivity contribution is 5.76. The van der Waals surface area contributed by atoms with Crippen molar-refractivity contribution in [3.63, 3.8) is 0 Å². The van der Waals surface area contributed by atoms with Gasteiger partial charge in [0.25, 0.3) is 0 Å². The Kier molecular flexibility index (Phi) is 19.7. The predicted octanol–water partition coefficient (Wildman–Crippen LogP) is 6.38. The monoisotopic (exact) mass is 404 g/mol. The third-order valence-corrected chi connectivity index (χ3v) is 4.97. The molecule has 0 radical (unpaired) electrons. The molecule has 0 spiro atoms. The number of benzene rings is 1. The van der Waals surface area contributed by atoms with Crippen LogP contribution in [-0.2, 0) is 4.79 Å². The molecule has 0 saturated heterocycles. The fourth-order valence-corrected chi connectivity index (χ4v) is 3.20. The van der Waals surface area contributed by atoms with Crippen LogP contribution < -0.4 is 5.32 Å². The van der Waals surface area contributed by atoms with Crippen molar-refractivity contribution in [3.8, 4) is 0 Å². The lowest BCUT2D eigenvalue weighted by atomic mass is 10.1. The third kappa shape index (κ3) is 14.8. The Hall–Kier alpha value is -1.75. The van der Waals surface area contributed by atoms with Gasteiger partial charge < -0.3 is 10.1 Å². The molecule has 0 aliphatic rings. The van der Waals surface area contributed by atoms with Crippen molar-refractivity contribution >= 4 is 17.8 Å². The van der Waals surface area contributed by atoms with Crippen molar-refractivity contribution in [2.75, 3.05) is 13.1 Å². The highest BCUT2D eigenvalue weighted by Gasteiger charge is 1.97. The maximum atomic E-state index is 8.00. The molecule has 2 aromatic rings. The van der Waals surface area contributed by atoms with Gasteiger partial charge in [0.1, 0.15) is 12.3 Å². The molecule has 0 aliphatic heterocycles. The zero-order chi connectivity index (χ0) is 21.6. The summed E-state index contributed by atoms with van der Waals surface area (Å²) in [7, 11) is 0. The van der Waals surface area contributed by atoms with Gasteiger partial charge in [-0.25, -0.2) is 0 Å². The summed E-state index contributed by atoms with van der Waals surface area (Å²) >= 11 is 0. The van der Waals surface area contributed by atoms with E-state index in [1.54, 1.807) is 0 Å². The van der Waals surface area contributed by atoms with E-state index in [0.29, 0.717) is 0 Å². The number of nitrogens with one attached hydrogen (secondary N) is 2. The van der Waals surface area contributed by atoms with E-state index in [0.717, 1.165) is 16.6 Å². The minimum atomic E-state index is 0.961. The highest BCUT2D eigenvalue weighted by atomic mass is 16.1. The van der Waals surface area contributed by atoms with Gasteiger partial charge in [0.2, 0.25) is 0 Å². The van der Waals surface area contributed by atoms with Gasteiger partial charge in [-0.05, 0) is 44.5 Å². The van der Waals surface area contributed by atoms with Gasteiger partial charge >= 0.3 is 0 Å². The van der Waals surface area contributed by atoms with Gasteiger partial charge in [0, 0.05) is 0 Å². The summed E-state index contributed by atoms with van der Waals surface area (Å²) in [6.07, 6.45) is 16.9. The minimum Gasteiger partial charge on any atom is -0.317 e. The molecule has 0 bridgehead atoms. The molecule has 2 N–H and O–H groups in total. The standard InChI is InChI=1S/C16H35N.C7H7N3.CH2O/c1-3-5-7-9-11-13-15-17-16-14-12-10-8-6-4-2;1-5-3-2-4-6-7(5)9-10-8-6;1-2/h17H,3-16H2,1-2H3;2-4H,1H3,(H,8,9,10);1H2. The van der Waals surface area contributed by atoms with Crippen LogP contribution in [0.4, 0.5) is 0 Å². The summed E-state index contributed by atoms with van der Waals surface area (Å²) in [5.41, 5.74) is 3.12. The quantitative estimate of drug-likeness (QED) is 0.358. The van der Waals surface area contributed by atoms with Crippen molar-refractivity contribution in [1.82, 2.24) is 20.7 Å². The number of carbonyl (C=O) groups excluding carboxylic acids is 1. The predicted molar refractivity (Wildman–Crippen MR) is 125 cm³/mol. The van der Waals surface area contributed by atoms with E-state index in [4.69, 9.17) is 4.79 Å². The van der Waals surface area contributed by atoms with Gasteiger partial charge in [-0.3, -0.25) is 5.10 Å². The first-order chi connectivity index (χ1) is 14.3. The van der Waals surface area contributed by atoms with Gasteiger partial charge in [0.05, 0.1) is 5.52 Å². The molecule has 29 heavy (non-hydrogen) atoms. The van der Waals surface area contributed by atoms with E-state index < -0.39 is 0 Å². The van der Waals surface area contributed by atoms with Gasteiger partial charge in [-0.1, -0.05) is 95.4 Å². The zero-order valence-electron chi connectivity index (χ0n) is 19.1. The number of rotatable bonds is 14. The Balaban J connectivity index is 0.000000546. The van der Waals surface area contributed by atoms with Crippen LogP contribution in [0.1, 0.15) is 96.5 Å². The number of aromatic nitrogens is 3. The van der Waals surface area contributed by atoms with Crippen LogP contribution in [-0.4, -0.2) is 35.3 Å². The van der Waals surface area contributed by atoms with E-state index in [2.05, 4.69) is 34.6 Å². The number of unbranched alkanes of at least 4 members (excludes halogenated alkanes) is 10. The number of hydrogen-bond acceptors (Lipinski definition) is 4. The van der Waals surface area contributed by atoms with E-state index in [-0.39, 0.29) is 0 Å². The molecule has 1 heterocycles. The Morgan fingerprint density at radius 2 is 1.34 bits per heavy atom. The van der Waals surface area contributed by atoms with Crippen LogP contribution in [0.5, 0.6) is 0 Å². The average molecular weight is 405 g/mol. The number of nitrogens with zero attached hydrogens (tertiary/aromatic N) is 2. The summed E-state index contributed by atoms with van der Waals surface area (Å²) in [5, 5.41) is 14.0. The number of fused-ring (bicyclic) bond motifs is 1. The second kappa shape index (κ2) is 21.0. The number of H-pyrrole nitrogens is 1. The van der Waals surface area contributed by atoms with Crippen LogP contribution in [0.2, 0.25) is 0 Å². The maximum Gasteiger partial charge on any atom is 0.115 e. The summed E-state index contributed by atoms with van der Waals surface area (Å²) in [4.78, 5) is 8.00. The molecule has 1 aromatic carbocycles. The Bertz CT molecular complexity index is 571. The molecule has 0 atom stereocenters. The highest BCUT2D eigenvalue weighted by Crippen LogP contribution is 2.11. The summed E-state index contributed by atoms with van der Waals surface area (Å²) < 4.78 is 0. The molecule has 166 valence electrons. The molecule has 0 amide bonds.